The van der Waals surface area contributed by atoms with Crippen molar-refractivity contribution in [2.45, 2.75) is 38.2 Å². The SMILES string of the molecule is COC(=O)OC1COc2cc(CC(C)NCC(O)Cc3ccc4c(c3)OCO4)ccc2O1. The van der Waals surface area contributed by atoms with Gasteiger partial charge in [-0.3, -0.25) is 0 Å². The Bertz CT molecular complexity index is 950. The van der Waals surface area contributed by atoms with Crippen LogP contribution in [0.3, 0.4) is 0 Å². The molecule has 2 aliphatic heterocycles. The van der Waals surface area contributed by atoms with E-state index in [-0.39, 0.29) is 19.4 Å². The number of nitrogens with one attached hydrogen (secondary N) is 1. The predicted octanol–water partition coefficient (Wildman–Crippen LogP) is 2.42. The number of carbonyl (C=O) groups is 1. The predicted molar refractivity (Wildman–Crippen MR) is 113 cm³/mol. The number of carbonyl (C=O) groups excluding carboxylic acids is 1. The minimum atomic E-state index is -0.840. The first-order valence-corrected chi connectivity index (χ1v) is 10.5. The number of hydrogen-bond donors (Lipinski definition) is 2. The van der Waals surface area contributed by atoms with Gasteiger partial charge in [-0.05, 0) is 55.2 Å². The normalized spacial score (nSPS) is 18.0. The molecule has 0 spiro atoms. The summed E-state index contributed by atoms with van der Waals surface area (Å²) in [6.07, 6.45) is -0.915. The Morgan fingerprint density at radius 3 is 2.53 bits per heavy atom. The highest BCUT2D eigenvalue weighted by Crippen LogP contribution is 2.34. The lowest BCUT2D eigenvalue weighted by molar-refractivity contribution is -0.0934. The Hall–Kier alpha value is -3.17. The lowest BCUT2D eigenvalue weighted by Gasteiger charge is -2.26. The monoisotopic (exact) mass is 445 g/mol. The number of aliphatic hydroxyl groups excluding tert-OH is 1. The number of methoxy groups -OCH3 is 1. The maximum absolute atomic E-state index is 11.2. The van der Waals surface area contributed by atoms with E-state index < -0.39 is 18.5 Å². The fourth-order valence-corrected chi connectivity index (χ4v) is 3.61. The van der Waals surface area contributed by atoms with Gasteiger partial charge in [-0.15, -0.1) is 0 Å². The first kappa shape index (κ1) is 22.0. The average molecular weight is 445 g/mol. The summed E-state index contributed by atoms with van der Waals surface area (Å²) in [5, 5.41) is 13.8. The zero-order chi connectivity index (χ0) is 22.5. The molecule has 2 aromatic rings. The second-order valence-electron chi connectivity index (χ2n) is 7.77. The Labute approximate surface area is 186 Å². The van der Waals surface area contributed by atoms with Gasteiger partial charge in [0.15, 0.2) is 29.6 Å². The van der Waals surface area contributed by atoms with Crippen LogP contribution in [-0.4, -0.2) is 56.8 Å². The van der Waals surface area contributed by atoms with Gasteiger partial charge < -0.3 is 38.8 Å². The Morgan fingerprint density at radius 2 is 1.75 bits per heavy atom. The third kappa shape index (κ3) is 5.54. The average Bonchev–Trinajstić information content (AvgIpc) is 3.25. The molecule has 0 saturated carbocycles. The van der Waals surface area contributed by atoms with Crippen molar-refractivity contribution in [3.05, 3.63) is 47.5 Å². The third-order valence-corrected chi connectivity index (χ3v) is 5.19. The van der Waals surface area contributed by atoms with Crippen molar-refractivity contribution in [2.75, 3.05) is 27.1 Å². The van der Waals surface area contributed by atoms with Crippen LogP contribution in [0, 0.1) is 0 Å². The number of benzene rings is 2. The summed E-state index contributed by atoms with van der Waals surface area (Å²) in [5.41, 5.74) is 2.06. The number of ether oxygens (including phenoxy) is 6. The van der Waals surface area contributed by atoms with Gasteiger partial charge in [-0.2, -0.15) is 0 Å². The summed E-state index contributed by atoms with van der Waals surface area (Å²) < 4.78 is 31.4. The summed E-state index contributed by atoms with van der Waals surface area (Å²) >= 11 is 0. The first-order chi connectivity index (χ1) is 15.5. The molecule has 0 amide bonds. The van der Waals surface area contributed by atoms with Crippen molar-refractivity contribution in [1.29, 1.82) is 0 Å². The maximum atomic E-state index is 11.2. The second kappa shape index (κ2) is 9.97. The zero-order valence-corrected chi connectivity index (χ0v) is 18.0. The molecular weight excluding hydrogens is 418 g/mol. The molecule has 3 atom stereocenters. The third-order valence-electron chi connectivity index (χ3n) is 5.19. The molecular formula is C23H27NO8. The number of fused-ring (bicyclic) bond motifs is 2. The number of hydrogen-bond acceptors (Lipinski definition) is 9. The maximum Gasteiger partial charge on any atom is 0.511 e. The molecule has 0 aliphatic carbocycles. The summed E-state index contributed by atoms with van der Waals surface area (Å²) in [6, 6.07) is 11.5. The highest BCUT2D eigenvalue weighted by Gasteiger charge is 2.25. The van der Waals surface area contributed by atoms with Crippen molar-refractivity contribution in [1.82, 2.24) is 5.32 Å². The molecule has 0 fully saturated rings. The van der Waals surface area contributed by atoms with Gasteiger partial charge in [-0.1, -0.05) is 12.1 Å². The van der Waals surface area contributed by atoms with Crippen LogP contribution in [0.2, 0.25) is 0 Å². The van der Waals surface area contributed by atoms with Crippen LogP contribution < -0.4 is 24.3 Å². The topological polar surface area (TPSA) is 105 Å². The van der Waals surface area contributed by atoms with Crippen LogP contribution >= 0.6 is 0 Å². The van der Waals surface area contributed by atoms with Crippen molar-refractivity contribution in [2.24, 2.45) is 0 Å². The summed E-state index contributed by atoms with van der Waals surface area (Å²) in [5.74, 6) is 2.56. The molecule has 0 saturated heterocycles. The lowest BCUT2D eigenvalue weighted by Crippen LogP contribution is -2.36. The lowest BCUT2D eigenvalue weighted by atomic mass is 10.0. The van der Waals surface area contributed by atoms with E-state index in [1.807, 2.05) is 30.3 Å². The Balaban J connectivity index is 1.24. The van der Waals surface area contributed by atoms with E-state index in [4.69, 9.17) is 23.7 Å². The summed E-state index contributed by atoms with van der Waals surface area (Å²) in [7, 11) is 1.23. The Kier molecular flexibility index (Phi) is 6.87. The minimum Gasteiger partial charge on any atom is -0.482 e. The van der Waals surface area contributed by atoms with Crippen molar-refractivity contribution < 1.29 is 38.3 Å². The molecule has 2 aromatic carbocycles. The molecule has 0 bridgehead atoms. The van der Waals surface area contributed by atoms with Crippen molar-refractivity contribution >= 4 is 6.16 Å². The molecule has 0 radical (unpaired) electrons. The molecule has 3 unspecified atom stereocenters. The van der Waals surface area contributed by atoms with Gasteiger partial charge in [0.25, 0.3) is 6.29 Å². The van der Waals surface area contributed by atoms with Crippen LogP contribution in [-0.2, 0) is 22.3 Å². The smallest absolute Gasteiger partial charge is 0.482 e. The molecule has 32 heavy (non-hydrogen) atoms. The van der Waals surface area contributed by atoms with Gasteiger partial charge in [0, 0.05) is 12.6 Å². The molecule has 9 nitrogen and oxygen atoms in total. The highest BCUT2D eigenvalue weighted by molar-refractivity contribution is 5.59. The van der Waals surface area contributed by atoms with E-state index in [0.29, 0.717) is 24.5 Å². The van der Waals surface area contributed by atoms with Gasteiger partial charge in [-0.25, -0.2) is 4.79 Å². The van der Waals surface area contributed by atoms with Crippen LogP contribution in [0.15, 0.2) is 36.4 Å². The molecule has 9 heteroatoms. The minimum absolute atomic E-state index is 0.0887. The van der Waals surface area contributed by atoms with E-state index in [1.165, 1.54) is 7.11 Å². The molecule has 2 N–H and O–H groups in total. The number of aliphatic hydroxyl groups is 1. The summed E-state index contributed by atoms with van der Waals surface area (Å²) in [6.45, 7) is 2.85. The van der Waals surface area contributed by atoms with Crippen LogP contribution in [0.5, 0.6) is 23.0 Å². The largest absolute Gasteiger partial charge is 0.511 e. The molecule has 2 heterocycles. The van der Waals surface area contributed by atoms with Gasteiger partial charge in [0.05, 0.1) is 13.2 Å². The van der Waals surface area contributed by atoms with E-state index in [1.54, 1.807) is 6.07 Å². The molecule has 2 aliphatic rings. The van der Waals surface area contributed by atoms with Gasteiger partial charge >= 0.3 is 6.16 Å². The van der Waals surface area contributed by atoms with E-state index in [9.17, 15) is 9.90 Å². The van der Waals surface area contributed by atoms with Crippen molar-refractivity contribution in [3.63, 3.8) is 0 Å². The molecule has 172 valence electrons. The highest BCUT2D eigenvalue weighted by atomic mass is 16.8. The van der Waals surface area contributed by atoms with Crippen LogP contribution in [0.4, 0.5) is 4.79 Å². The fourth-order valence-electron chi connectivity index (χ4n) is 3.61. The second-order valence-corrected chi connectivity index (χ2v) is 7.77. The zero-order valence-electron chi connectivity index (χ0n) is 18.0. The molecule has 0 aromatic heterocycles. The van der Waals surface area contributed by atoms with E-state index in [0.717, 1.165) is 29.0 Å². The van der Waals surface area contributed by atoms with Crippen LogP contribution in [0.25, 0.3) is 0 Å². The van der Waals surface area contributed by atoms with E-state index >= 15 is 0 Å². The standard InChI is InChI=1S/C23H27NO8/c1-14(24-11-17(25)8-16-3-5-18-20(10-16)30-13-29-18)7-15-4-6-19-21(9-15)28-12-22(31-19)32-23(26)27-2/h3-6,9-10,14,17,22,24-25H,7-8,11-13H2,1-2H3. The Morgan fingerprint density at radius 1 is 1.06 bits per heavy atom. The van der Waals surface area contributed by atoms with Crippen LogP contribution in [0.1, 0.15) is 18.1 Å². The van der Waals surface area contributed by atoms with Crippen molar-refractivity contribution in [3.8, 4) is 23.0 Å². The number of rotatable bonds is 8. The van der Waals surface area contributed by atoms with E-state index in [2.05, 4.69) is 17.0 Å². The summed E-state index contributed by atoms with van der Waals surface area (Å²) in [4.78, 5) is 11.2. The fraction of sp³-hybridized carbons (Fsp3) is 0.435. The van der Waals surface area contributed by atoms with Gasteiger partial charge in [0.2, 0.25) is 6.79 Å². The van der Waals surface area contributed by atoms with Gasteiger partial charge in [0.1, 0.15) is 0 Å². The first-order valence-electron chi connectivity index (χ1n) is 10.5. The quantitative estimate of drug-likeness (QED) is 0.593. The molecule has 4 rings (SSSR count).